The zero-order valence-corrected chi connectivity index (χ0v) is 23.8. The minimum atomic E-state index is -1.00. The van der Waals surface area contributed by atoms with E-state index < -0.39 is 23.0 Å². The van der Waals surface area contributed by atoms with E-state index in [9.17, 15) is 18.4 Å². The molecule has 2 aromatic heterocycles. The second-order valence-electron chi connectivity index (χ2n) is 10.5. The van der Waals surface area contributed by atoms with E-state index in [0.29, 0.717) is 12.0 Å². The fourth-order valence-corrected chi connectivity index (χ4v) is 4.60. The van der Waals surface area contributed by atoms with Crippen molar-refractivity contribution in [1.82, 2.24) is 24.4 Å². The molecule has 0 radical (unpaired) electrons. The highest BCUT2D eigenvalue weighted by Crippen LogP contribution is 2.16. The third-order valence-electron chi connectivity index (χ3n) is 6.74. The Morgan fingerprint density at radius 1 is 0.930 bits per heavy atom. The average Bonchev–Trinajstić information content (AvgIpc) is 2.99. The first-order valence-electron chi connectivity index (χ1n) is 13.7. The van der Waals surface area contributed by atoms with Crippen LogP contribution in [0.4, 0.5) is 8.78 Å². The Morgan fingerprint density at radius 3 is 2.47 bits per heavy atom. The molecule has 2 heterocycles. The molecule has 0 aliphatic carbocycles. The van der Waals surface area contributed by atoms with Gasteiger partial charge in [0, 0.05) is 55.3 Å². The van der Waals surface area contributed by atoms with Gasteiger partial charge in [-0.1, -0.05) is 42.2 Å². The zero-order valence-electron chi connectivity index (χ0n) is 23.8. The fraction of sp³-hybridized carbons (Fsp3) is 0.206. The lowest BCUT2D eigenvalue weighted by molar-refractivity contribution is 0.0977. The maximum Gasteiger partial charge on any atom is 0.280 e. The number of aromatic nitrogens is 4. The molecule has 0 amide bonds. The van der Waals surface area contributed by atoms with Gasteiger partial charge in [0.2, 0.25) is 0 Å². The number of benzene rings is 3. The average molecular weight is 578 g/mol. The molecular formula is C34H29F2N5O2. The summed E-state index contributed by atoms with van der Waals surface area (Å²) in [6.07, 6.45) is 5.42. The summed E-state index contributed by atoms with van der Waals surface area (Å²) < 4.78 is 28.0. The lowest BCUT2D eigenvalue weighted by Crippen LogP contribution is -2.27. The van der Waals surface area contributed by atoms with Crippen molar-refractivity contribution in [2.45, 2.75) is 32.4 Å². The summed E-state index contributed by atoms with van der Waals surface area (Å²) in [7, 11) is 4.09. The molecule has 0 bridgehead atoms. The fourth-order valence-electron chi connectivity index (χ4n) is 4.60. The Morgan fingerprint density at radius 2 is 1.70 bits per heavy atom. The molecule has 0 aliphatic rings. The number of rotatable bonds is 9. The van der Waals surface area contributed by atoms with Crippen LogP contribution in [0.25, 0.3) is 10.9 Å². The van der Waals surface area contributed by atoms with Crippen molar-refractivity contribution >= 4 is 16.7 Å². The molecule has 43 heavy (non-hydrogen) atoms. The maximum atomic E-state index is 13.5. The number of carbonyl (C=O) groups is 1. The Kier molecular flexibility index (Phi) is 9.08. The molecule has 0 unspecified atom stereocenters. The van der Waals surface area contributed by atoms with Crippen molar-refractivity contribution in [1.29, 1.82) is 0 Å². The van der Waals surface area contributed by atoms with Crippen LogP contribution in [0.2, 0.25) is 0 Å². The Hall–Kier alpha value is -5.07. The topological polar surface area (TPSA) is 81.0 Å². The normalized spacial score (nSPS) is 11.0. The third-order valence-corrected chi connectivity index (χ3v) is 6.74. The number of hydrogen-bond acceptors (Lipinski definition) is 6. The van der Waals surface area contributed by atoms with Crippen LogP contribution in [0.1, 0.15) is 51.4 Å². The van der Waals surface area contributed by atoms with Gasteiger partial charge >= 0.3 is 0 Å². The van der Waals surface area contributed by atoms with E-state index >= 15 is 0 Å². The largest absolute Gasteiger partial charge is 0.308 e. The van der Waals surface area contributed by atoms with E-state index in [-0.39, 0.29) is 25.1 Å². The molecule has 5 rings (SSSR count). The van der Waals surface area contributed by atoms with Gasteiger partial charge in [0.25, 0.3) is 5.56 Å². The second-order valence-corrected chi connectivity index (χ2v) is 10.5. The van der Waals surface area contributed by atoms with Crippen molar-refractivity contribution in [3.8, 4) is 11.8 Å². The summed E-state index contributed by atoms with van der Waals surface area (Å²) in [5.41, 5.74) is 3.56. The van der Waals surface area contributed by atoms with Crippen LogP contribution >= 0.6 is 0 Å². The standard InChI is InChI=1S/C34H29F2N5O2/c1-40(2)21-25-9-7-24(8-10-25)19-32-38-20-27-17-23(12-14-30(27)39-32)5-3-4-6-31(42)33-34(43)41(16-15-37-33)22-26-11-13-28(35)29(36)18-26/h7-18,20H,4,6,19,21-22H2,1-2H3. The van der Waals surface area contributed by atoms with Crippen molar-refractivity contribution in [2.24, 2.45) is 0 Å². The van der Waals surface area contributed by atoms with Crippen LogP contribution in [-0.2, 0) is 19.5 Å². The highest BCUT2D eigenvalue weighted by atomic mass is 19.2. The van der Waals surface area contributed by atoms with Gasteiger partial charge in [0.05, 0.1) is 12.1 Å². The monoisotopic (exact) mass is 577 g/mol. The predicted octanol–water partition coefficient (Wildman–Crippen LogP) is 5.18. The molecule has 0 aliphatic heterocycles. The lowest BCUT2D eigenvalue weighted by atomic mass is 10.1. The van der Waals surface area contributed by atoms with E-state index in [1.807, 2.05) is 32.3 Å². The lowest BCUT2D eigenvalue weighted by Gasteiger charge is -2.10. The minimum Gasteiger partial charge on any atom is -0.308 e. The molecule has 9 heteroatoms. The van der Waals surface area contributed by atoms with Gasteiger partial charge in [-0.05, 0) is 61.1 Å². The first-order chi connectivity index (χ1) is 20.7. The first kappa shape index (κ1) is 29.4. The maximum absolute atomic E-state index is 13.5. The molecule has 0 saturated carbocycles. The predicted molar refractivity (Wildman–Crippen MR) is 161 cm³/mol. The summed E-state index contributed by atoms with van der Waals surface area (Å²) in [5.74, 6) is 4.36. The van der Waals surface area contributed by atoms with Crippen molar-refractivity contribution < 1.29 is 13.6 Å². The quantitative estimate of drug-likeness (QED) is 0.177. The van der Waals surface area contributed by atoms with Gasteiger partial charge in [-0.2, -0.15) is 0 Å². The van der Waals surface area contributed by atoms with Crippen LogP contribution in [0.3, 0.4) is 0 Å². The van der Waals surface area contributed by atoms with Crippen LogP contribution in [0.5, 0.6) is 0 Å². The number of halogens is 2. The summed E-state index contributed by atoms with van der Waals surface area (Å²) in [4.78, 5) is 40.8. The van der Waals surface area contributed by atoms with E-state index in [4.69, 9.17) is 4.98 Å². The molecule has 0 N–H and O–H groups in total. The number of hydrogen-bond donors (Lipinski definition) is 0. The minimum absolute atomic E-state index is 0.0145. The Balaban J connectivity index is 1.19. The molecule has 0 spiro atoms. The number of carbonyl (C=O) groups excluding carboxylic acids is 1. The molecular weight excluding hydrogens is 548 g/mol. The number of ketones is 1. The SMILES string of the molecule is CN(C)Cc1ccc(Cc2ncc3cc(C#CCCC(=O)c4nccn(Cc5ccc(F)c(F)c5)c4=O)ccc3n2)cc1. The molecule has 0 fully saturated rings. The van der Waals surface area contributed by atoms with Crippen LogP contribution in [0.15, 0.2) is 84.0 Å². The highest BCUT2D eigenvalue weighted by Gasteiger charge is 2.14. The molecule has 0 atom stereocenters. The molecule has 7 nitrogen and oxygen atoms in total. The zero-order chi connectivity index (χ0) is 30.3. The van der Waals surface area contributed by atoms with Crippen molar-refractivity contribution in [3.05, 3.63) is 135 Å². The van der Waals surface area contributed by atoms with E-state index in [2.05, 4.69) is 51.0 Å². The van der Waals surface area contributed by atoms with Crippen LogP contribution < -0.4 is 5.56 Å². The van der Waals surface area contributed by atoms with Crippen molar-refractivity contribution in [3.63, 3.8) is 0 Å². The molecule has 216 valence electrons. The van der Waals surface area contributed by atoms with Gasteiger partial charge < -0.3 is 9.47 Å². The molecule has 3 aromatic carbocycles. The van der Waals surface area contributed by atoms with Crippen LogP contribution in [-0.4, -0.2) is 44.3 Å². The van der Waals surface area contributed by atoms with E-state index in [0.717, 1.165) is 46.5 Å². The molecule has 0 saturated heterocycles. The number of Topliss-reactive ketones (excluding diaryl/α,β-unsaturated/α-hetero) is 1. The van der Waals surface area contributed by atoms with Gasteiger partial charge in [-0.3, -0.25) is 9.59 Å². The number of fused-ring (bicyclic) bond motifs is 1. The van der Waals surface area contributed by atoms with Gasteiger partial charge in [-0.15, -0.1) is 0 Å². The van der Waals surface area contributed by atoms with E-state index in [1.54, 1.807) is 6.20 Å². The highest BCUT2D eigenvalue weighted by molar-refractivity contribution is 5.94. The third kappa shape index (κ3) is 7.61. The smallest absolute Gasteiger partial charge is 0.280 e. The van der Waals surface area contributed by atoms with Gasteiger partial charge in [0.1, 0.15) is 5.82 Å². The Bertz CT molecular complexity index is 1910. The van der Waals surface area contributed by atoms with Gasteiger partial charge in [0.15, 0.2) is 23.1 Å². The van der Waals surface area contributed by atoms with Gasteiger partial charge in [-0.25, -0.2) is 23.7 Å². The second kappa shape index (κ2) is 13.3. The summed E-state index contributed by atoms with van der Waals surface area (Å²) in [6.45, 7) is 0.875. The van der Waals surface area contributed by atoms with Crippen LogP contribution in [0, 0.1) is 23.5 Å². The summed E-state index contributed by atoms with van der Waals surface area (Å²) in [5, 5.41) is 0.864. The Labute approximate surface area is 247 Å². The first-order valence-corrected chi connectivity index (χ1v) is 13.7. The number of nitrogens with zero attached hydrogens (tertiary/aromatic N) is 5. The summed E-state index contributed by atoms with van der Waals surface area (Å²) in [6, 6.07) is 17.5. The molecule has 5 aromatic rings. The van der Waals surface area contributed by atoms with Crippen molar-refractivity contribution in [2.75, 3.05) is 14.1 Å². The summed E-state index contributed by atoms with van der Waals surface area (Å²) >= 11 is 0. The van der Waals surface area contributed by atoms with E-state index in [1.165, 1.54) is 28.6 Å².